The van der Waals surface area contributed by atoms with Crippen molar-refractivity contribution in [3.63, 3.8) is 0 Å². The molecule has 1 atom stereocenters. The van der Waals surface area contributed by atoms with E-state index in [0.717, 1.165) is 55.3 Å². The van der Waals surface area contributed by atoms with Gasteiger partial charge in [-0.05, 0) is 74.9 Å². The van der Waals surface area contributed by atoms with Crippen LogP contribution in [0.2, 0.25) is 0 Å². The van der Waals surface area contributed by atoms with E-state index in [2.05, 4.69) is 25.8 Å². The molecule has 1 unspecified atom stereocenters. The Morgan fingerprint density at radius 3 is 2.64 bits per heavy atom. The van der Waals surface area contributed by atoms with Gasteiger partial charge >= 0.3 is 0 Å². The number of benzene rings is 1. The van der Waals surface area contributed by atoms with Gasteiger partial charge in [0.25, 0.3) is 0 Å². The van der Waals surface area contributed by atoms with Crippen molar-refractivity contribution in [3.05, 3.63) is 30.1 Å². The molecule has 0 radical (unpaired) electrons. The number of anilines is 1. The zero-order valence-electron chi connectivity index (χ0n) is 14.2. The Bertz CT molecular complexity index is 786. The SMILES string of the molecule is O=C(Nc1ccc(-c2n[nH]c(C3CC3)n2)cc1)C1CC12CCNCC2. The predicted octanol–water partition coefficient (Wildman–Crippen LogP) is 2.68. The van der Waals surface area contributed by atoms with Crippen molar-refractivity contribution < 1.29 is 4.79 Å². The van der Waals surface area contributed by atoms with Crippen molar-refractivity contribution in [1.82, 2.24) is 20.5 Å². The molecule has 1 saturated heterocycles. The summed E-state index contributed by atoms with van der Waals surface area (Å²) in [5.41, 5.74) is 2.10. The fourth-order valence-corrected chi connectivity index (χ4v) is 4.07. The van der Waals surface area contributed by atoms with E-state index in [1.165, 1.54) is 12.8 Å². The molecule has 130 valence electrons. The van der Waals surface area contributed by atoms with Gasteiger partial charge in [-0.3, -0.25) is 9.89 Å². The highest BCUT2D eigenvalue weighted by Crippen LogP contribution is 2.58. The van der Waals surface area contributed by atoms with E-state index >= 15 is 0 Å². The van der Waals surface area contributed by atoms with Crippen LogP contribution in [0.1, 0.15) is 43.8 Å². The van der Waals surface area contributed by atoms with Crippen LogP contribution in [0.4, 0.5) is 5.69 Å². The van der Waals surface area contributed by atoms with Crippen LogP contribution in [0, 0.1) is 11.3 Å². The standard InChI is InChI=1S/C19H23N5O/c25-18(15-11-19(15)7-9-20-10-8-19)21-14-5-3-13(4-6-14)17-22-16(23-24-17)12-1-2-12/h3-6,12,15,20H,1-2,7-11H2,(H,21,25)(H,22,23,24). The maximum atomic E-state index is 12.5. The van der Waals surface area contributed by atoms with Crippen molar-refractivity contribution in [2.75, 3.05) is 18.4 Å². The summed E-state index contributed by atoms with van der Waals surface area (Å²) in [5.74, 6) is 2.65. The molecule has 0 bridgehead atoms. The summed E-state index contributed by atoms with van der Waals surface area (Å²) < 4.78 is 0. The van der Waals surface area contributed by atoms with Crippen LogP contribution in [0.25, 0.3) is 11.4 Å². The number of aromatic amines is 1. The van der Waals surface area contributed by atoms with Gasteiger partial charge in [-0.15, -0.1) is 0 Å². The van der Waals surface area contributed by atoms with Gasteiger partial charge in [0.05, 0.1) is 0 Å². The van der Waals surface area contributed by atoms with Gasteiger partial charge in [0.15, 0.2) is 5.82 Å². The quantitative estimate of drug-likeness (QED) is 0.801. The number of nitrogens with zero attached hydrogens (tertiary/aromatic N) is 2. The number of nitrogens with one attached hydrogen (secondary N) is 3. The Hall–Kier alpha value is -2.21. The topological polar surface area (TPSA) is 82.7 Å². The Kier molecular flexibility index (Phi) is 3.41. The molecule has 2 saturated carbocycles. The van der Waals surface area contributed by atoms with Crippen molar-refractivity contribution in [3.8, 4) is 11.4 Å². The Balaban J connectivity index is 1.23. The average Bonchev–Trinajstić information content (AvgIpc) is 3.55. The van der Waals surface area contributed by atoms with E-state index in [4.69, 9.17) is 0 Å². The van der Waals surface area contributed by atoms with Crippen molar-refractivity contribution >= 4 is 11.6 Å². The number of amides is 1. The van der Waals surface area contributed by atoms with Crippen LogP contribution in [0.5, 0.6) is 0 Å². The minimum absolute atomic E-state index is 0.170. The zero-order valence-corrected chi connectivity index (χ0v) is 14.2. The number of rotatable bonds is 4. The van der Waals surface area contributed by atoms with Crippen molar-refractivity contribution in [1.29, 1.82) is 0 Å². The van der Waals surface area contributed by atoms with Gasteiger partial charge in [-0.1, -0.05) is 0 Å². The third kappa shape index (κ3) is 2.84. The molecular weight excluding hydrogens is 314 g/mol. The van der Waals surface area contributed by atoms with Crippen LogP contribution < -0.4 is 10.6 Å². The number of aromatic nitrogens is 3. The lowest BCUT2D eigenvalue weighted by Gasteiger charge is -2.23. The Morgan fingerprint density at radius 2 is 1.92 bits per heavy atom. The summed E-state index contributed by atoms with van der Waals surface area (Å²) in [4.78, 5) is 17.1. The van der Waals surface area contributed by atoms with Gasteiger partial charge in [-0.25, -0.2) is 4.98 Å². The molecule has 6 heteroatoms. The summed E-state index contributed by atoms with van der Waals surface area (Å²) in [6.07, 6.45) is 5.70. The number of carbonyl (C=O) groups excluding carboxylic acids is 1. The lowest BCUT2D eigenvalue weighted by atomic mass is 9.92. The van der Waals surface area contributed by atoms with Crippen LogP contribution in [0.3, 0.4) is 0 Å². The highest BCUT2D eigenvalue weighted by molar-refractivity contribution is 5.95. The second kappa shape index (κ2) is 5.66. The van der Waals surface area contributed by atoms with Crippen LogP contribution in [-0.4, -0.2) is 34.2 Å². The number of hydrogen-bond acceptors (Lipinski definition) is 4. The zero-order chi connectivity index (χ0) is 16.9. The van der Waals surface area contributed by atoms with Crippen molar-refractivity contribution in [2.24, 2.45) is 11.3 Å². The molecule has 2 heterocycles. The fraction of sp³-hybridized carbons (Fsp3) is 0.526. The van der Waals surface area contributed by atoms with E-state index in [9.17, 15) is 4.79 Å². The van der Waals surface area contributed by atoms with Crippen LogP contribution in [-0.2, 0) is 4.79 Å². The number of carbonyl (C=O) groups is 1. The molecule has 1 aromatic carbocycles. The molecule has 1 spiro atoms. The first-order chi connectivity index (χ1) is 12.2. The van der Waals surface area contributed by atoms with Crippen LogP contribution in [0.15, 0.2) is 24.3 Å². The number of H-pyrrole nitrogens is 1. The third-order valence-electron chi connectivity index (χ3n) is 5.98. The predicted molar refractivity (Wildman–Crippen MR) is 95.1 cm³/mol. The highest BCUT2D eigenvalue weighted by Gasteiger charge is 2.57. The molecule has 1 aromatic heterocycles. The molecular formula is C19H23N5O. The molecule has 2 aliphatic carbocycles. The molecule has 3 N–H and O–H groups in total. The minimum atomic E-state index is 0.170. The van der Waals surface area contributed by atoms with Gasteiger partial charge < -0.3 is 10.6 Å². The second-order valence-electron chi connectivity index (χ2n) is 7.75. The normalized spacial score (nSPS) is 24.2. The summed E-state index contributed by atoms with van der Waals surface area (Å²) in [6, 6.07) is 7.83. The maximum absolute atomic E-state index is 12.5. The molecule has 1 amide bonds. The van der Waals surface area contributed by atoms with E-state index in [1.54, 1.807) is 0 Å². The molecule has 25 heavy (non-hydrogen) atoms. The second-order valence-corrected chi connectivity index (χ2v) is 7.75. The van der Waals surface area contributed by atoms with Gasteiger partial charge in [0.2, 0.25) is 5.91 Å². The van der Waals surface area contributed by atoms with Gasteiger partial charge in [0, 0.05) is 23.1 Å². The average molecular weight is 337 g/mol. The summed E-state index contributed by atoms with van der Waals surface area (Å²) in [7, 11) is 0. The molecule has 1 aliphatic heterocycles. The highest BCUT2D eigenvalue weighted by atomic mass is 16.2. The smallest absolute Gasteiger partial charge is 0.228 e. The van der Waals surface area contributed by atoms with Crippen LogP contribution >= 0.6 is 0 Å². The molecule has 2 aromatic rings. The van der Waals surface area contributed by atoms with E-state index < -0.39 is 0 Å². The lowest BCUT2D eigenvalue weighted by molar-refractivity contribution is -0.118. The largest absolute Gasteiger partial charge is 0.326 e. The third-order valence-corrected chi connectivity index (χ3v) is 5.98. The van der Waals surface area contributed by atoms with E-state index in [1.807, 2.05) is 24.3 Å². The number of piperidine rings is 1. The van der Waals surface area contributed by atoms with Gasteiger partial charge in [0.1, 0.15) is 5.82 Å². The van der Waals surface area contributed by atoms with Gasteiger partial charge in [-0.2, -0.15) is 5.10 Å². The summed E-state index contributed by atoms with van der Waals surface area (Å²) >= 11 is 0. The molecule has 6 nitrogen and oxygen atoms in total. The molecule has 3 aliphatic rings. The summed E-state index contributed by atoms with van der Waals surface area (Å²) in [6.45, 7) is 2.08. The number of hydrogen-bond donors (Lipinski definition) is 3. The molecule has 3 fully saturated rings. The first-order valence-electron chi connectivity index (χ1n) is 9.28. The lowest BCUT2D eigenvalue weighted by Crippen LogP contribution is -2.31. The minimum Gasteiger partial charge on any atom is -0.326 e. The van der Waals surface area contributed by atoms with E-state index in [0.29, 0.717) is 5.92 Å². The fourth-order valence-electron chi connectivity index (χ4n) is 4.07. The maximum Gasteiger partial charge on any atom is 0.228 e. The summed E-state index contributed by atoms with van der Waals surface area (Å²) in [5, 5.41) is 13.8. The Labute approximate surface area is 146 Å². The first kappa shape index (κ1) is 15.1. The van der Waals surface area contributed by atoms with Crippen molar-refractivity contribution in [2.45, 2.75) is 38.0 Å². The first-order valence-corrected chi connectivity index (χ1v) is 9.28. The monoisotopic (exact) mass is 337 g/mol. The van der Waals surface area contributed by atoms with E-state index in [-0.39, 0.29) is 17.2 Å². The molecule has 5 rings (SSSR count). The Morgan fingerprint density at radius 1 is 1.16 bits per heavy atom.